The van der Waals surface area contributed by atoms with Crippen LogP contribution in [0.25, 0.3) is 11.1 Å². The van der Waals surface area contributed by atoms with E-state index in [1.165, 1.54) is 0 Å². The molecule has 2 aliphatic heterocycles. The molecule has 0 spiro atoms. The van der Waals surface area contributed by atoms with Crippen LogP contribution in [-0.4, -0.2) is 41.5 Å². The zero-order valence-electron chi connectivity index (χ0n) is 19.1. The van der Waals surface area contributed by atoms with Crippen LogP contribution in [-0.2, 0) is 17.5 Å². The number of pyridine rings is 1. The van der Waals surface area contributed by atoms with Crippen molar-refractivity contribution in [3.8, 4) is 11.1 Å². The smallest absolute Gasteiger partial charge is 0.398 e. The molecule has 3 N–H and O–H groups in total. The molecule has 0 radical (unpaired) electrons. The van der Waals surface area contributed by atoms with Gasteiger partial charge in [0, 0.05) is 54.5 Å². The van der Waals surface area contributed by atoms with Crippen molar-refractivity contribution in [1.29, 1.82) is 0 Å². The Bertz CT molecular complexity index is 1240. The van der Waals surface area contributed by atoms with Gasteiger partial charge in [0.1, 0.15) is 5.69 Å². The summed E-state index contributed by atoms with van der Waals surface area (Å²) in [4.78, 5) is 20.3. The largest absolute Gasteiger partial charge is 0.433 e. The van der Waals surface area contributed by atoms with Crippen LogP contribution in [0, 0.1) is 0 Å². The molecule has 35 heavy (non-hydrogen) atoms. The number of fused-ring (bicyclic) bond motifs is 1. The quantitative estimate of drug-likeness (QED) is 0.527. The third-order valence-corrected chi connectivity index (χ3v) is 6.76. The molecule has 3 heterocycles. The molecule has 0 unspecified atom stereocenters. The predicted molar refractivity (Wildman–Crippen MR) is 130 cm³/mol. The molecule has 2 aromatic carbocycles. The maximum absolute atomic E-state index is 13.1. The van der Waals surface area contributed by atoms with Gasteiger partial charge >= 0.3 is 6.18 Å². The summed E-state index contributed by atoms with van der Waals surface area (Å²) in [5, 5.41) is 2.99. The molecular formula is C26H26F3N5O. The summed E-state index contributed by atoms with van der Waals surface area (Å²) in [5.74, 6) is -0.00358. The van der Waals surface area contributed by atoms with Crippen molar-refractivity contribution in [2.24, 2.45) is 0 Å². The van der Waals surface area contributed by atoms with Gasteiger partial charge in [0.15, 0.2) is 0 Å². The SMILES string of the molecule is Nc1ccc(N2CCC(N3CC(=O)Nc4ccccc4C3)CC2)cc1-c1ccnc(C(F)(F)F)c1. The zero-order chi connectivity index (χ0) is 24.6. The van der Waals surface area contributed by atoms with Crippen molar-refractivity contribution in [1.82, 2.24) is 9.88 Å². The molecule has 182 valence electrons. The number of amides is 1. The van der Waals surface area contributed by atoms with E-state index < -0.39 is 11.9 Å². The van der Waals surface area contributed by atoms with E-state index in [4.69, 9.17) is 5.73 Å². The summed E-state index contributed by atoms with van der Waals surface area (Å²) in [7, 11) is 0. The first-order valence-electron chi connectivity index (χ1n) is 11.6. The average Bonchev–Trinajstić information content (AvgIpc) is 3.02. The Balaban J connectivity index is 1.31. The fraction of sp³-hybridized carbons (Fsp3) is 0.308. The van der Waals surface area contributed by atoms with Gasteiger partial charge in [-0.2, -0.15) is 13.2 Å². The van der Waals surface area contributed by atoms with Crippen molar-refractivity contribution in [3.05, 3.63) is 72.1 Å². The van der Waals surface area contributed by atoms with Crippen LogP contribution >= 0.6 is 0 Å². The Morgan fingerprint density at radius 3 is 2.54 bits per heavy atom. The molecule has 0 aliphatic carbocycles. The fourth-order valence-corrected chi connectivity index (χ4v) is 4.92. The number of carbonyl (C=O) groups is 1. The van der Waals surface area contributed by atoms with Crippen LogP contribution in [0.3, 0.4) is 0 Å². The second-order valence-corrected chi connectivity index (χ2v) is 9.03. The van der Waals surface area contributed by atoms with Crippen molar-refractivity contribution in [2.75, 3.05) is 35.6 Å². The number of hydrogen-bond donors (Lipinski definition) is 2. The maximum atomic E-state index is 13.1. The average molecular weight is 482 g/mol. The number of nitrogens with two attached hydrogens (primary N) is 1. The van der Waals surface area contributed by atoms with Gasteiger partial charge in [0.05, 0.1) is 6.54 Å². The number of rotatable bonds is 3. The normalized spacial score (nSPS) is 17.6. The van der Waals surface area contributed by atoms with Gasteiger partial charge in [-0.05, 0) is 60.4 Å². The molecule has 9 heteroatoms. The molecule has 3 aromatic rings. The van der Waals surface area contributed by atoms with Gasteiger partial charge in [-0.1, -0.05) is 18.2 Å². The number of para-hydroxylation sites is 1. The first-order chi connectivity index (χ1) is 16.8. The monoisotopic (exact) mass is 481 g/mol. The van der Waals surface area contributed by atoms with Crippen molar-refractivity contribution < 1.29 is 18.0 Å². The summed E-state index contributed by atoms with van der Waals surface area (Å²) in [5.41, 5.74) is 9.44. The number of aromatic nitrogens is 1. The molecule has 1 aromatic heterocycles. The van der Waals surface area contributed by atoms with Crippen molar-refractivity contribution in [2.45, 2.75) is 31.6 Å². The Kier molecular flexibility index (Phi) is 6.10. The number of nitrogen functional groups attached to an aromatic ring is 1. The second-order valence-electron chi connectivity index (χ2n) is 9.03. The van der Waals surface area contributed by atoms with Gasteiger partial charge in [0.2, 0.25) is 5.91 Å². The molecule has 1 amide bonds. The first kappa shape index (κ1) is 23.2. The van der Waals surface area contributed by atoms with E-state index in [1.807, 2.05) is 36.4 Å². The minimum atomic E-state index is -4.52. The van der Waals surface area contributed by atoms with Crippen LogP contribution in [0.4, 0.5) is 30.2 Å². The van der Waals surface area contributed by atoms with E-state index in [0.717, 1.165) is 61.7 Å². The molecule has 0 saturated carbocycles. The van der Waals surface area contributed by atoms with E-state index in [2.05, 4.69) is 20.1 Å². The van der Waals surface area contributed by atoms with Crippen molar-refractivity contribution in [3.63, 3.8) is 0 Å². The number of piperidine rings is 1. The molecule has 0 atom stereocenters. The van der Waals surface area contributed by atoms with Gasteiger partial charge in [0.25, 0.3) is 0 Å². The molecule has 1 saturated heterocycles. The number of nitrogens with one attached hydrogen (secondary N) is 1. The fourth-order valence-electron chi connectivity index (χ4n) is 4.92. The Morgan fingerprint density at radius 1 is 1.00 bits per heavy atom. The van der Waals surface area contributed by atoms with Crippen LogP contribution in [0.15, 0.2) is 60.8 Å². The molecular weight excluding hydrogens is 455 g/mol. The number of anilines is 3. The Labute approximate surface area is 201 Å². The molecule has 5 rings (SSSR count). The lowest BCUT2D eigenvalue weighted by molar-refractivity contribution is -0.141. The van der Waals surface area contributed by atoms with Gasteiger partial charge in [-0.25, -0.2) is 0 Å². The highest BCUT2D eigenvalue weighted by Gasteiger charge is 2.33. The molecule has 6 nitrogen and oxygen atoms in total. The lowest BCUT2D eigenvalue weighted by Gasteiger charge is -2.39. The molecule has 2 aliphatic rings. The summed E-state index contributed by atoms with van der Waals surface area (Å²) >= 11 is 0. The Hall–Kier alpha value is -3.59. The van der Waals surface area contributed by atoms with Crippen LogP contribution in [0.1, 0.15) is 24.1 Å². The van der Waals surface area contributed by atoms with Crippen LogP contribution in [0.2, 0.25) is 0 Å². The summed E-state index contributed by atoms with van der Waals surface area (Å²) < 4.78 is 39.4. The van der Waals surface area contributed by atoms with Gasteiger partial charge < -0.3 is 16.0 Å². The third-order valence-electron chi connectivity index (χ3n) is 6.76. The van der Waals surface area contributed by atoms with Crippen LogP contribution < -0.4 is 16.0 Å². The zero-order valence-corrected chi connectivity index (χ0v) is 19.1. The highest BCUT2D eigenvalue weighted by atomic mass is 19.4. The summed E-state index contributed by atoms with van der Waals surface area (Å²) in [6, 6.07) is 16.2. The summed E-state index contributed by atoms with van der Waals surface area (Å²) in [6.45, 7) is 2.63. The minimum absolute atomic E-state index is 0.00358. The maximum Gasteiger partial charge on any atom is 0.433 e. The first-order valence-corrected chi connectivity index (χ1v) is 11.6. The topological polar surface area (TPSA) is 74.5 Å². The van der Waals surface area contributed by atoms with Crippen molar-refractivity contribution >= 4 is 23.0 Å². The minimum Gasteiger partial charge on any atom is -0.398 e. The lowest BCUT2D eigenvalue weighted by Crippen LogP contribution is -2.46. The van der Waals surface area contributed by atoms with E-state index in [9.17, 15) is 18.0 Å². The standard InChI is InChI=1S/C26H26F3N5O/c27-26(28,29)24-13-17(7-10-31-24)21-14-20(5-6-22(21)30)33-11-8-19(9-12-33)34-15-18-3-1-2-4-23(18)32-25(35)16-34/h1-7,10,13-14,19H,8-9,11-12,15-16,30H2,(H,32,35). The number of nitrogens with zero attached hydrogens (tertiary/aromatic N) is 3. The number of carbonyl (C=O) groups excluding carboxylic acids is 1. The lowest BCUT2D eigenvalue weighted by atomic mass is 9.99. The van der Waals surface area contributed by atoms with E-state index in [0.29, 0.717) is 23.4 Å². The van der Waals surface area contributed by atoms with E-state index in [1.54, 1.807) is 12.1 Å². The number of halogens is 3. The molecule has 1 fully saturated rings. The number of hydrogen-bond acceptors (Lipinski definition) is 5. The second kappa shape index (κ2) is 9.22. The van der Waals surface area contributed by atoms with Gasteiger partial charge in [-0.15, -0.1) is 0 Å². The number of benzene rings is 2. The summed E-state index contributed by atoms with van der Waals surface area (Å²) in [6.07, 6.45) is -1.61. The highest BCUT2D eigenvalue weighted by Crippen LogP contribution is 2.35. The molecule has 0 bridgehead atoms. The highest BCUT2D eigenvalue weighted by molar-refractivity contribution is 5.93. The van der Waals surface area contributed by atoms with E-state index in [-0.39, 0.29) is 11.9 Å². The number of alkyl halides is 3. The third kappa shape index (κ3) is 4.95. The van der Waals surface area contributed by atoms with Gasteiger partial charge in [-0.3, -0.25) is 14.7 Å². The van der Waals surface area contributed by atoms with E-state index >= 15 is 0 Å². The van der Waals surface area contributed by atoms with Crippen LogP contribution in [0.5, 0.6) is 0 Å². The predicted octanol–water partition coefficient (Wildman–Crippen LogP) is 4.77. The Morgan fingerprint density at radius 2 is 1.77 bits per heavy atom.